The van der Waals surface area contributed by atoms with E-state index in [-0.39, 0.29) is 11.6 Å². The minimum absolute atomic E-state index is 0.0143. The van der Waals surface area contributed by atoms with Crippen LogP contribution in [0, 0.1) is 0 Å². The van der Waals surface area contributed by atoms with E-state index in [1.54, 1.807) is 24.0 Å². The first kappa shape index (κ1) is 12.7. The Kier molecular flexibility index (Phi) is 3.39. The second-order valence-electron chi connectivity index (χ2n) is 4.04. The number of aromatic nitrogens is 3. The smallest absolute Gasteiger partial charge is 0.262 e. The van der Waals surface area contributed by atoms with Crippen LogP contribution in [0.3, 0.4) is 0 Å². The Morgan fingerprint density at radius 2 is 1.95 bits per heavy atom. The first-order valence-electron chi connectivity index (χ1n) is 5.89. The molecule has 0 aliphatic rings. The number of hydrogen-bond donors (Lipinski definition) is 1. The van der Waals surface area contributed by atoms with E-state index < -0.39 is 0 Å². The molecule has 0 saturated heterocycles. The summed E-state index contributed by atoms with van der Waals surface area (Å²) in [4.78, 5) is 9.28. The van der Waals surface area contributed by atoms with Crippen LogP contribution < -0.4 is 0 Å². The molecule has 0 radical (unpaired) electrons. The normalized spacial score (nSPS) is 10.7. The molecule has 0 saturated carbocycles. The average Bonchev–Trinajstić information content (AvgIpc) is 2.97. The van der Waals surface area contributed by atoms with Gasteiger partial charge in [0.2, 0.25) is 5.82 Å². The molecule has 1 aromatic carbocycles. The molecule has 0 aliphatic carbocycles. The van der Waals surface area contributed by atoms with Gasteiger partial charge < -0.3 is 9.63 Å². The number of rotatable bonds is 3. The van der Waals surface area contributed by atoms with Gasteiger partial charge in [-0.15, -0.1) is 11.8 Å². The van der Waals surface area contributed by atoms with E-state index in [9.17, 15) is 5.11 Å². The second-order valence-corrected chi connectivity index (χ2v) is 4.92. The average molecular weight is 285 g/mol. The number of pyridine rings is 1. The third-order valence-electron chi connectivity index (χ3n) is 2.80. The number of benzene rings is 1. The molecule has 20 heavy (non-hydrogen) atoms. The molecule has 0 amide bonds. The van der Waals surface area contributed by atoms with Gasteiger partial charge in [-0.25, -0.2) is 0 Å². The van der Waals surface area contributed by atoms with Gasteiger partial charge in [-0.2, -0.15) is 4.98 Å². The highest BCUT2D eigenvalue weighted by Crippen LogP contribution is 2.28. The standard InChI is InChI=1S/C14H11N3O2S/c1-20-10-4-2-9(3-5-10)13-16-14(19-17-13)11-6-7-15-8-12(11)18/h2-8,18H,1H3. The summed E-state index contributed by atoms with van der Waals surface area (Å²) in [5, 5.41) is 13.7. The van der Waals surface area contributed by atoms with Crippen LogP contribution in [0.15, 0.2) is 52.1 Å². The van der Waals surface area contributed by atoms with Crippen molar-refractivity contribution in [2.75, 3.05) is 6.26 Å². The Hall–Kier alpha value is -2.34. The highest BCUT2D eigenvalue weighted by atomic mass is 32.2. The maximum atomic E-state index is 9.72. The number of nitrogens with zero attached hydrogens (tertiary/aromatic N) is 3. The summed E-state index contributed by atoms with van der Waals surface area (Å²) in [5.41, 5.74) is 1.34. The molecule has 0 aliphatic heterocycles. The molecule has 3 rings (SSSR count). The fraction of sp³-hybridized carbons (Fsp3) is 0.0714. The van der Waals surface area contributed by atoms with Crippen molar-refractivity contribution in [2.45, 2.75) is 4.90 Å². The second kappa shape index (κ2) is 5.34. The van der Waals surface area contributed by atoms with Crippen molar-refractivity contribution in [3.63, 3.8) is 0 Å². The SMILES string of the molecule is CSc1ccc(-c2noc(-c3ccncc3O)n2)cc1. The monoisotopic (exact) mass is 285 g/mol. The fourth-order valence-electron chi connectivity index (χ4n) is 1.76. The third kappa shape index (κ3) is 2.37. The van der Waals surface area contributed by atoms with Gasteiger partial charge in [-0.05, 0) is 36.6 Å². The van der Waals surface area contributed by atoms with Gasteiger partial charge in [0.05, 0.1) is 11.8 Å². The lowest BCUT2D eigenvalue weighted by Crippen LogP contribution is -1.82. The molecule has 0 atom stereocenters. The molecule has 0 unspecified atom stereocenters. The summed E-state index contributed by atoms with van der Waals surface area (Å²) >= 11 is 1.67. The molecule has 0 spiro atoms. The van der Waals surface area contributed by atoms with Crippen molar-refractivity contribution in [1.82, 2.24) is 15.1 Å². The van der Waals surface area contributed by atoms with Gasteiger partial charge >= 0.3 is 0 Å². The van der Waals surface area contributed by atoms with Gasteiger partial charge in [0.1, 0.15) is 5.75 Å². The molecule has 2 heterocycles. The molecule has 3 aromatic rings. The zero-order valence-electron chi connectivity index (χ0n) is 10.6. The number of hydrogen-bond acceptors (Lipinski definition) is 6. The molecule has 6 heteroatoms. The van der Waals surface area contributed by atoms with Crippen LogP contribution in [0.1, 0.15) is 0 Å². The van der Waals surface area contributed by atoms with Crippen LogP contribution in [-0.4, -0.2) is 26.5 Å². The van der Waals surface area contributed by atoms with Gasteiger partial charge in [-0.1, -0.05) is 5.16 Å². The fourth-order valence-corrected chi connectivity index (χ4v) is 2.17. The van der Waals surface area contributed by atoms with Gasteiger partial charge in [-0.3, -0.25) is 4.98 Å². The summed E-state index contributed by atoms with van der Waals surface area (Å²) in [6.45, 7) is 0. The molecule has 5 nitrogen and oxygen atoms in total. The molecule has 100 valence electrons. The summed E-state index contributed by atoms with van der Waals surface area (Å²) < 4.78 is 5.19. The zero-order valence-corrected chi connectivity index (χ0v) is 11.5. The Labute approximate surface area is 119 Å². The minimum Gasteiger partial charge on any atom is -0.505 e. The Balaban J connectivity index is 1.95. The summed E-state index contributed by atoms with van der Waals surface area (Å²) in [6.07, 6.45) is 4.92. The van der Waals surface area contributed by atoms with Crippen molar-refractivity contribution in [3.8, 4) is 28.6 Å². The largest absolute Gasteiger partial charge is 0.505 e. The molecule has 2 aromatic heterocycles. The number of aromatic hydroxyl groups is 1. The summed E-state index contributed by atoms with van der Waals surface area (Å²) in [7, 11) is 0. The lowest BCUT2D eigenvalue weighted by Gasteiger charge is -1.97. The minimum atomic E-state index is 0.0143. The number of thioether (sulfide) groups is 1. The Morgan fingerprint density at radius 3 is 2.65 bits per heavy atom. The highest BCUT2D eigenvalue weighted by Gasteiger charge is 2.13. The summed E-state index contributed by atoms with van der Waals surface area (Å²) in [6, 6.07) is 9.50. The van der Waals surface area contributed by atoms with Crippen LogP contribution in [-0.2, 0) is 0 Å². The molecule has 0 bridgehead atoms. The summed E-state index contributed by atoms with van der Waals surface area (Å²) in [5.74, 6) is 0.776. The van der Waals surface area contributed by atoms with Crippen molar-refractivity contribution in [1.29, 1.82) is 0 Å². The molecule has 0 fully saturated rings. The van der Waals surface area contributed by atoms with Gasteiger partial charge in [0.25, 0.3) is 5.89 Å². The quantitative estimate of drug-likeness (QED) is 0.745. The predicted octanol–water partition coefficient (Wildman–Crippen LogP) is 3.23. The van der Waals surface area contributed by atoms with E-state index in [0.29, 0.717) is 11.4 Å². The van der Waals surface area contributed by atoms with Gasteiger partial charge in [0.15, 0.2) is 0 Å². The van der Waals surface area contributed by atoms with E-state index in [0.717, 1.165) is 5.56 Å². The van der Waals surface area contributed by atoms with Crippen molar-refractivity contribution >= 4 is 11.8 Å². The van der Waals surface area contributed by atoms with E-state index in [4.69, 9.17) is 4.52 Å². The van der Waals surface area contributed by atoms with Gasteiger partial charge in [0, 0.05) is 16.7 Å². The van der Waals surface area contributed by atoms with Crippen molar-refractivity contribution in [2.24, 2.45) is 0 Å². The van der Waals surface area contributed by atoms with Crippen LogP contribution in [0.4, 0.5) is 0 Å². The Morgan fingerprint density at radius 1 is 1.15 bits per heavy atom. The van der Waals surface area contributed by atoms with Crippen LogP contribution in [0.2, 0.25) is 0 Å². The lowest BCUT2D eigenvalue weighted by atomic mass is 10.2. The maximum absolute atomic E-state index is 9.72. The Bertz CT molecular complexity index is 725. The topological polar surface area (TPSA) is 72.0 Å². The van der Waals surface area contributed by atoms with Crippen LogP contribution in [0.5, 0.6) is 5.75 Å². The van der Waals surface area contributed by atoms with Crippen LogP contribution >= 0.6 is 11.8 Å². The van der Waals surface area contributed by atoms with E-state index >= 15 is 0 Å². The highest BCUT2D eigenvalue weighted by molar-refractivity contribution is 7.98. The van der Waals surface area contributed by atoms with E-state index in [1.807, 2.05) is 30.5 Å². The molecule has 1 N–H and O–H groups in total. The first-order chi connectivity index (χ1) is 9.78. The maximum Gasteiger partial charge on any atom is 0.262 e. The molecular formula is C14H11N3O2S. The first-order valence-corrected chi connectivity index (χ1v) is 7.12. The van der Waals surface area contributed by atoms with Crippen molar-refractivity contribution < 1.29 is 9.63 Å². The van der Waals surface area contributed by atoms with E-state index in [2.05, 4.69) is 15.1 Å². The lowest BCUT2D eigenvalue weighted by molar-refractivity contribution is 0.425. The molecular weight excluding hydrogens is 274 g/mol. The zero-order chi connectivity index (χ0) is 13.9. The van der Waals surface area contributed by atoms with Crippen LogP contribution in [0.25, 0.3) is 22.8 Å². The van der Waals surface area contributed by atoms with E-state index in [1.165, 1.54) is 11.1 Å². The predicted molar refractivity (Wildman–Crippen MR) is 76.4 cm³/mol. The third-order valence-corrected chi connectivity index (χ3v) is 3.55. The van der Waals surface area contributed by atoms with Crippen molar-refractivity contribution in [3.05, 3.63) is 42.7 Å².